The number of ether oxygens (including phenoxy) is 2. The largest absolute Gasteiger partial charge is 0.497 e. The van der Waals surface area contributed by atoms with Crippen molar-refractivity contribution in [1.29, 1.82) is 5.26 Å². The van der Waals surface area contributed by atoms with Crippen LogP contribution in [0.2, 0.25) is 5.02 Å². The number of rotatable bonds is 5. The highest BCUT2D eigenvalue weighted by Crippen LogP contribution is 2.27. The number of aromatic nitrogens is 1. The first kappa shape index (κ1) is 14.9. The summed E-state index contributed by atoms with van der Waals surface area (Å²) in [5.41, 5.74) is 1.63. The van der Waals surface area contributed by atoms with Crippen LogP contribution in [-0.4, -0.2) is 12.1 Å². The molecule has 0 N–H and O–H groups in total. The van der Waals surface area contributed by atoms with Crippen LogP contribution in [-0.2, 0) is 6.61 Å². The molecule has 0 saturated carbocycles. The van der Waals surface area contributed by atoms with Crippen molar-refractivity contribution in [2.24, 2.45) is 0 Å². The zero-order valence-corrected chi connectivity index (χ0v) is 12.2. The van der Waals surface area contributed by atoms with E-state index < -0.39 is 0 Å². The van der Waals surface area contributed by atoms with E-state index in [1.54, 1.807) is 19.4 Å². The molecule has 0 aliphatic heterocycles. The van der Waals surface area contributed by atoms with Crippen LogP contribution in [0.1, 0.15) is 11.1 Å². The van der Waals surface area contributed by atoms with Crippen molar-refractivity contribution in [2.45, 2.75) is 6.61 Å². The summed E-state index contributed by atoms with van der Waals surface area (Å²) in [6.07, 6.45) is 6.04. The number of hydrogen-bond donors (Lipinski definition) is 0. The summed E-state index contributed by atoms with van der Waals surface area (Å²) in [4.78, 5) is 4.00. The molecule has 0 unspecified atom stereocenters. The number of allylic oxidation sites excluding steroid dienone is 1. The maximum Gasteiger partial charge on any atom is 0.146 e. The zero-order chi connectivity index (χ0) is 15.1. The minimum Gasteiger partial charge on any atom is -0.497 e. The Morgan fingerprint density at radius 1 is 1.29 bits per heavy atom. The van der Waals surface area contributed by atoms with Crippen molar-refractivity contribution in [3.63, 3.8) is 0 Å². The second kappa shape index (κ2) is 7.32. The molecular weight excluding hydrogens is 288 g/mol. The van der Waals surface area contributed by atoms with Gasteiger partial charge in [0.25, 0.3) is 0 Å². The van der Waals surface area contributed by atoms with Gasteiger partial charge in [-0.15, -0.1) is 0 Å². The fraction of sp³-hybridized carbons (Fsp3) is 0.125. The number of nitrogens with zero attached hydrogens (tertiary/aromatic N) is 2. The lowest BCUT2D eigenvalue weighted by atomic mass is 10.2. The molecular formula is C16H13ClN2O2. The molecule has 0 radical (unpaired) electrons. The number of pyridine rings is 1. The van der Waals surface area contributed by atoms with E-state index in [4.69, 9.17) is 26.3 Å². The molecule has 2 rings (SSSR count). The summed E-state index contributed by atoms with van der Waals surface area (Å²) in [6.45, 7) is 0.374. The molecule has 0 fully saturated rings. The van der Waals surface area contributed by atoms with E-state index in [2.05, 4.69) is 4.98 Å². The van der Waals surface area contributed by atoms with Gasteiger partial charge < -0.3 is 9.47 Å². The molecule has 0 spiro atoms. The quantitative estimate of drug-likeness (QED) is 0.787. The summed E-state index contributed by atoms with van der Waals surface area (Å²) < 4.78 is 10.8. The molecule has 0 atom stereocenters. The Bertz CT molecular complexity index is 676. The number of nitriles is 1. The molecule has 0 saturated heterocycles. The number of halogens is 1. The number of methoxy groups -OCH3 is 1. The van der Waals surface area contributed by atoms with Crippen molar-refractivity contribution >= 4 is 17.7 Å². The van der Waals surface area contributed by atoms with E-state index in [0.29, 0.717) is 22.9 Å². The molecule has 1 aromatic carbocycles. The molecule has 0 bridgehead atoms. The van der Waals surface area contributed by atoms with E-state index >= 15 is 0 Å². The Balaban J connectivity index is 2.14. The molecule has 106 valence electrons. The third-order valence-electron chi connectivity index (χ3n) is 2.78. The highest BCUT2D eigenvalue weighted by Gasteiger charge is 2.06. The lowest BCUT2D eigenvalue weighted by molar-refractivity contribution is 0.304. The average molecular weight is 301 g/mol. The number of hydrogen-bond acceptors (Lipinski definition) is 4. The van der Waals surface area contributed by atoms with Gasteiger partial charge in [0.05, 0.1) is 24.4 Å². The summed E-state index contributed by atoms with van der Waals surface area (Å²) in [5.74, 6) is 1.32. The van der Waals surface area contributed by atoms with E-state index in [9.17, 15) is 0 Å². The van der Waals surface area contributed by atoms with Crippen LogP contribution in [0.3, 0.4) is 0 Å². The fourth-order valence-corrected chi connectivity index (χ4v) is 1.92. The fourth-order valence-electron chi connectivity index (χ4n) is 1.71. The van der Waals surface area contributed by atoms with Gasteiger partial charge >= 0.3 is 0 Å². The lowest BCUT2D eigenvalue weighted by Crippen LogP contribution is -1.98. The molecule has 2 aromatic rings. The average Bonchev–Trinajstić information content (AvgIpc) is 2.52. The van der Waals surface area contributed by atoms with Crippen LogP contribution in [0.4, 0.5) is 0 Å². The van der Waals surface area contributed by atoms with Crippen LogP contribution in [0, 0.1) is 11.3 Å². The second-order valence-corrected chi connectivity index (χ2v) is 4.54. The highest BCUT2D eigenvalue weighted by atomic mass is 35.5. The van der Waals surface area contributed by atoms with Gasteiger partial charge in [-0.25, -0.2) is 0 Å². The predicted octanol–water partition coefficient (Wildman–Crippen LogP) is 3.86. The third-order valence-corrected chi connectivity index (χ3v) is 3.08. The van der Waals surface area contributed by atoms with Gasteiger partial charge in [-0.2, -0.15) is 5.26 Å². The molecule has 1 aromatic heterocycles. The van der Waals surface area contributed by atoms with Crippen LogP contribution in [0.15, 0.2) is 42.7 Å². The van der Waals surface area contributed by atoms with Gasteiger partial charge in [0.15, 0.2) is 0 Å². The van der Waals surface area contributed by atoms with E-state index in [1.807, 2.05) is 30.3 Å². The first-order chi connectivity index (χ1) is 10.2. The Labute approximate surface area is 128 Å². The molecule has 4 nitrogen and oxygen atoms in total. The van der Waals surface area contributed by atoms with Gasteiger partial charge in [-0.1, -0.05) is 23.7 Å². The monoisotopic (exact) mass is 300 g/mol. The van der Waals surface area contributed by atoms with E-state index in [1.165, 1.54) is 12.3 Å². The Hall–Kier alpha value is -2.51. The van der Waals surface area contributed by atoms with Gasteiger partial charge in [0.1, 0.15) is 18.1 Å². The molecule has 0 amide bonds. The van der Waals surface area contributed by atoms with E-state index in [-0.39, 0.29) is 0 Å². The Kier molecular flexibility index (Phi) is 5.19. The van der Waals surface area contributed by atoms with Crippen molar-refractivity contribution in [3.05, 3.63) is 58.9 Å². The van der Waals surface area contributed by atoms with Gasteiger partial charge in [-0.05, 0) is 23.8 Å². The van der Waals surface area contributed by atoms with Crippen molar-refractivity contribution in [3.8, 4) is 17.6 Å². The van der Waals surface area contributed by atoms with Crippen molar-refractivity contribution < 1.29 is 9.47 Å². The van der Waals surface area contributed by atoms with Crippen molar-refractivity contribution in [2.75, 3.05) is 7.11 Å². The maximum atomic E-state index is 8.62. The molecule has 0 aliphatic rings. The van der Waals surface area contributed by atoms with E-state index in [0.717, 1.165) is 11.3 Å². The molecule has 5 heteroatoms. The lowest BCUT2D eigenvalue weighted by Gasteiger charge is -2.10. The maximum absolute atomic E-state index is 8.62. The molecule has 0 aliphatic carbocycles. The second-order valence-electron chi connectivity index (χ2n) is 4.13. The predicted molar refractivity (Wildman–Crippen MR) is 81.2 cm³/mol. The van der Waals surface area contributed by atoms with Crippen LogP contribution in [0.5, 0.6) is 11.5 Å². The minimum absolute atomic E-state index is 0.374. The summed E-state index contributed by atoms with van der Waals surface area (Å²) in [5, 5.41) is 9.06. The number of benzene rings is 1. The first-order valence-electron chi connectivity index (χ1n) is 6.20. The smallest absolute Gasteiger partial charge is 0.146 e. The van der Waals surface area contributed by atoms with Gasteiger partial charge in [-0.3, -0.25) is 4.98 Å². The SMILES string of the molecule is COc1ccc(COc2cncc(Cl)c2/C=C/C#N)cc1. The van der Waals surface area contributed by atoms with Crippen molar-refractivity contribution in [1.82, 2.24) is 4.98 Å². The minimum atomic E-state index is 0.374. The first-order valence-corrected chi connectivity index (χ1v) is 6.58. The van der Waals surface area contributed by atoms with Crippen LogP contribution < -0.4 is 9.47 Å². The van der Waals surface area contributed by atoms with Gasteiger partial charge in [0.2, 0.25) is 0 Å². The normalized spacial score (nSPS) is 10.3. The Morgan fingerprint density at radius 2 is 2.05 bits per heavy atom. The molecule has 21 heavy (non-hydrogen) atoms. The summed E-state index contributed by atoms with van der Waals surface area (Å²) in [7, 11) is 1.62. The zero-order valence-electron chi connectivity index (χ0n) is 11.4. The summed E-state index contributed by atoms with van der Waals surface area (Å²) in [6, 6.07) is 9.50. The molecule has 1 heterocycles. The van der Waals surface area contributed by atoms with Crippen LogP contribution in [0.25, 0.3) is 6.08 Å². The standard InChI is InChI=1S/C16H13ClN2O2/c1-20-13-6-4-12(5-7-13)11-21-16-10-19-9-15(17)14(16)3-2-8-18/h2-7,9-10H,11H2,1H3/b3-2+. The topological polar surface area (TPSA) is 55.1 Å². The third kappa shape index (κ3) is 3.98. The highest BCUT2D eigenvalue weighted by molar-refractivity contribution is 6.32. The Morgan fingerprint density at radius 3 is 2.71 bits per heavy atom. The summed E-state index contributed by atoms with van der Waals surface area (Å²) >= 11 is 6.07. The van der Waals surface area contributed by atoms with Gasteiger partial charge in [0, 0.05) is 17.8 Å². The van der Waals surface area contributed by atoms with Crippen LogP contribution >= 0.6 is 11.6 Å².